The van der Waals surface area contributed by atoms with Crippen molar-refractivity contribution >= 4 is 5.91 Å². The lowest BCUT2D eigenvalue weighted by Gasteiger charge is -2.33. The Morgan fingerprint density at radius 2 is 1.44 bits per heavy atom. The summed E-state index contributed by atoms with van der Waals surface area (Å²) in [5, 5.41) is 0. The van der Waals surface area contributed by atoms with Crippen LogP contribution in [0.3, 0.4) is 0 Å². The molecular formula is C19H28N4O4. The summed E-state index contributed by atoms with van der Waals surface area (Å²) in [7, 11) is 0. The van der Waals surface area contributed by atoms with Crippen molar-refractivity contribution in [1.29, 1.82) is 0 Å². The van der Waals surface area contributed by atoms with Gasteiger partial charge in [0, 0.05) is 12.6 Å². The van der Waals surface area contributed by atoms with Gasteiger partial charge in [-0.2, -0.15) is 0 Å². The number of carbonyl (C=O) groups excluding carboxylic acids is 1. The molecule has 148 valence electrons. The topological polar surface area (TPSA) is 86.3 Å². The molecule has 1 fully saturated rings. The van der Waals surface area contributed by atoms with Gasteiger partial charge < -0.3 is 4.90 Å². The van der Waals surface area contributed by atoms with E-state index in [1.807, 2.05) is 6.92 Å². The van der Waals surface area contributed by atoms with E-state index in [9.17, 15) is 19.2 Å². The van der Waals surface area contributed by atoms with Crippen LogP contribution in [0.1, 0.15) is 39.0 Å². The first-order valence-electron chi connectivity index (χ1n) is 9.42. The van der Waals surface area contributed by atoms with Crippen molar-refractivity contribution in [3.05, 3.63) is 56.8 Å². The summed E-state index contributed by atoms with van der Waals surface area (Å²) in [4.78, 5) is 52.3. The smallest absolute Gasteiger partial charge is 0.337 e. The van der Waals surface area contributed by atoms with Crippen molar-refractivity contribution in [3.63, 3.8) is 0 Å². The third-order valence-electron chi connectivity index (χ3n) is 4.98. The molecule has 0 aliphatic heterocycles. The van der Waals surface area contributed by atoms with E-state index in [0.29, 0.717) is 6.54 Å². The maximum Gasteiger partial charge on any atom is 0.337 e. The van der Waals surface area contributed by atoms with Gasteiger partial charge in [-0.05, 0) is 19.8 Å². The van der Waals surface area contributed by atoms with E-state index >= 15 is 0 Å². The summed E-state index contributed by atoms with van der Waals surface area (Å²) < 4.78 is 2.65. The van der Waals surface area contributed by atoms with Crippen LogP contribution in [-0.4, -0.2) is 37.1 Å². The van der Waals surface area contributed by atoms with Crippen molar-refractivity contribution in [1.82, 2.24) is 18.6 Å². The highest BCUT2D eigenvalue weighted by Crippen LogP contribution is 2.22. The first-order valence-corrected chi connectivity index (χ1v) is 9.42. The summed E-state index contributed by atoms with van der Waals surface area (Å²) in [5.74, 6) is -0.280. The minimum absolute atomic E-state index is 0.0383. The SMILES string of the molecule is C=CCn1c(=O)n(CC=C)c(=O)n(CC(=O)N(CC)C2CCCCC2)c1=O. The van der Waals surface area contributed by atoms with Gasteiger partial charge in [-0.1, -0.05) is 31.4 Å². The molecule has 2 rings (SSSR count). The Morgan fingerprint density at radius 3 is 1.89 bits per heavy atom. The van der Waals surface area contributed by atoms with Crippen LogP contribution < -0.4 is 17.1 Å². The molecule has 1 aromatic rings. The number of nitrogens with zero attached hydrogens (tertiary/aromatic N) is 4. The average molecular weight is 376 g/mol. The monoisotopic (exact) mass is 376 g/mol. The van der Waals surface area contributed by atoms with Crippen LogP contribution >= 0.6 is 0 Å². The van der Waals surface area contributed by atoms with Gasteiger partial charge in [0.2, 0.25) is 5.91 Å². The molecule has 27 heavy (non-hydrogen) atoms. The highest BCUT2D eigenvalue weighted by Gasteiger charge is 2.26. The predicted molar refractivity (Wildman–Crippen MR) is 104 cm³/mol. The van der Waals surface area contributed by atoms with E-state index in [-0.39, 0.29) is 31.6 Å². The largest absolute Gasteiger partial charge is 0.338 e. The molecule has 1 aliphatic rings. The second kappa shape index (κ2) is 9.34. The highest BCUT2D eigenvalue weighted by molar-refractivity contribution is 5.76. The van der Waals surface area contributed by atoms with Gasteiger partial charge >= 0.3 is 17.1 Å². The van der Waals surface area contributed by atoms with Crippen molar-refractivity contribution < 1.29 is 4.79 Å². The van der Waals surface area contributed by atoms with Gasteiger partial charge in [0.25, 0.3) is 0 Å². The fourth-order valence-corrected chi connectivity index (χ4v) is 3.65. The maximum absolute atomic E-state index is 12.9. The molecular weight excluding hydrogens is 348 g/mol. The van der Waals surface area contributed by atoms with Gasteiger partial charge in [0.05, 0.1) is 13.1 Å². The van der Waals surface area contributed by atoms with E-state index in [0.717, 1.165) is 39.4 Å². The summed E-state index contributed by atoms with van der Waals surface area (Å²) in [6, 6.07) is 0.140. The third-order valence-corrected chi connectivity index (χ3v) is 4.98. The number of hydrogen-bond acceptors (Lipinski definition) is 4. The first-order chi connectivity index (χ1) is 13.0. The van der Waals surface area contributed by atoms with Gasteiger partial charge in [-0.15, -0.1) is 13.2 Å². The van der Waals surface area contributed by atoms with E-state index < -0.39 is 17.1 Å². The second-order valence-electron chi connectivity index (χ2n) is 6.70. The summed E-state index contributed by atoms with van der Waals surface area (Å²) >= 11 is 0. The molecule has 0 bridgehead atoms. The number of carbonyl (C=O) groups is 1. The number of aromatic nitrogens is 3. The Labute approximate surface area is 158 Å². The normalized spacial score (nSPS) is 14.7. The predicted octanol–water partition coefficient (Wildman–Crippen LogP) is 0.725. The van der Waals surface area contributed by atoms with Crippen molar-refractivity contribution in [2.45, 2.75) is 64.7 Å². The van der Waals surface area contributed by atoms with Crippen molar-refractivity contribution in [2.24, 2.45) is 0 Å². The van der Waals surface area contributed by atoms with E-state index in [1.165, 1.54) is 18.6 Å². The van der Waals surface area contributed by atoms with E-state index in [2.05, 4.69) is 13.2 Å². The zero-order chi connectivity index (χ0) is 20.0. The molecule has 1 amide bonds. The maximum atomic E-state index is 12.9. The molecule has 1 saturated carbocycles. The van der Waals surface area contributed by atoms with E-state index in [1.54, 1.807) is 4.90 Å². The molecule has 0 N–H and O–H groups in total. The Balaban J connectivity index is 2.44. The molecule has 0 aromatic carbocycles. The summed E-state index contributed by atoms with van der Waals surface area (Å²) in [6.07, 6.45) is 7.99. The van der Waals surface area contributed by atoms with Crippen LogP contribution in [0.25, 0.3) is 0 Å². The quantitative estimate of drug-likeness (QED) is 0.626. The average Bonchev–Trinajstić information content (AvgIpc) is 2.67. The molecule has 0 saturated heterocycles. The minimum atomic E-state index is -0.793. The lowest BCUT2D eigenvalue weighted by atomic mass is 9.94. The van der Waals surface area contributed by atoms with Crippen molar-refractivity contribution in [3.8, 4) is 0 Å². The molecule has 0 atom stereocenters. The fourth-order valence-electron chi connectivity index (χ4n) is 3.65. The zero-order valence-corrected chi connectivity index (χ0v) is 15.9. The molecule has 1 heterocycles. The Morgan fingerprint density at radius 1 is 0.963 bits per heavy atom. The molecule has 0 unspecified atom stereocenters. The number of allylic oxidation sites excluding steroid dienone is 2. The second-order valence-corrected chi connectivity index (χ2v) is 6.70. The number of likely N-dealkylation sites (N-methyl/N-ethyl adjacent to an activating group) is 1. The Bertz CT molecular complexity index is 823. The standard InChI is InChI=1S/C19H28N4O4/c1-4-12-21-17(25)22(13-5-2)19(27)23(18(21)26)14-16(24)20(6-3)15-10-8-7-9-11-15/h4-5,15H,1-2,6-14H2,3H3. The van der Waals surface area contributed by atoms with Crippen LogP contribution in [0.4, 0.5) is 0 Å². The van der Waals surface area contributed by atoms with Gasteiger partial charge in [0.1, 0.15) is 6.54 Å². The number of rotatable bonds is 8. The lowest BCUT2D eigenvalue weighted by Crippen LogP contribution is -2.56. The zero-order valence-electron chi connectivity index (χ0n) is 15.9. The van der Waals surface area contributed by atoms with E-state index in [4.69, 9.17) is 0 Å². The number of amides is 1. The Kier molecular flexibility index (Phi) is 7.15. The van der Waals surface area contributed by atoms with Crippen LogP contribution in [-0.2, 0) is 24.4 Å². The molecule has 0 spiro atoms. The molecule has 1 aliphatic carbocycles. The minimum Gasteiger partial charge on any atom is -0.338 e. The van der Waals surface area contributed by atoms with Gasteiger partial charge in [-0.25, -0.2) is 28.1 Å². The summed E-state index contributed by atoms with van der Waals surface area (Å²) in [5.41, 5.74) is -2.32. The van der Waals surface area contributed by atoms with Gasteiger partial charge in [0.15, 0.2) is 0 Å². The highest BCUT2D eigenvalue weighted by atomic mass is 16.2. The fraction of sp³-hybridized carbons (Fsp3) is 0.579. The van der Waals surface area contributed by atoms with Crippen LogP contribution in [0.5, 0.6) is 0 Å². The van der Waals surface area contributed by atoms with Gasteiger partial charge in [-0.3, -0.25) is 4.79 Å². The first kappa shape index (κ1) is 20.7. The lowest BCUT2D eigenvalue weighted by molar-refractivity contribution is -0.134. The molecule has 0 radical (unpaired) electrons. The molecule has 8 heteroatoms. The van der Waals surface area contributed by atoms with Crippen LogP contribution in [0, 0.1) is 0 Å². The van der Waals surface area contributed by atoms with Crippen LogP contribution in [0.15, 0.2) is 39.7 Å². The van der Waals surface area contributed by atoms with Crippen LogP contribution in [0.2, 0.25) is 0 Å². The molecule has 1 aromatic heterocycles. The number of hydrogen-bond donors (Lipinski definition) is 0. The Hall–Kier alpha value is -2.64. The van der Waals surface area contributed by atoms with Crippen molar-refractivity contribution in [2.75, 3.05) is 6.54 Å². The summed E-state index contributed by atoms with van der Waals surface area (Å²) in [6.45, 7) is 9.03. The molecule has 8 nitrogen and oxygen atoms in total. The third kappa shape index (κ3) is 4.37.